The Morgan fingerprint density at radius 1 is 1.02 bits per heavy atom. The summed E-state index contributed by atoms with van der Waals surface area (Å²) in [6, 6.07) is 8.81. The number of fused-ring (bicyclic) bond motifs is 2. The summed E-state index contributed by atoms with van der Waals surface area (Å²) in [7, 11) is -2.39. The zero-order valence-electron chi connectivity index (χ0n) is 22.2. The van der Waals surface area contributed by atoms with Gasteiger partial charge in [-0.1, -0.05) is 6.07 Å². The molecule has 1 saturated heterocycles. The number of benzene rings is 3. The van der Waals surface area contributed by atoms with Crippen molar-refractivity contribution >= 4 is 32.6 Å². The minimum absolute atomic E-state index is 0.169. The third kappa shape index (κ3) is 5.34. The number of halogens is 3. The number of hydrogen-bond acceptors (Lipinski definition) is 7. The van der Waals surface area contributed by atoms with Crippen molar-refractivity contribution in [3.05, 3.63) is 77.2 Å². The van der Waals surface area contributed by atoms with Crippen molar-refractivity contribution in [1.82, 2.24) is 14.9 Å². The van der Waals surface area contributed by atoms with Crippen molar-refractivity contribution < 1.29 is 26.7 Å². The fourth-order valence-corrected chi connectivity index (χ4v) is 6.93. The minimum atomic E-state index is -4.47. The lowest BCUT2D eigenvalue weighted by Gasteiger charge is -2.29. The number of hydrogen-bond donors (Lipinski definition) is 3. The van der Waals surface area contributed by atoms with Crippen LogP contribution in [0.5, 0.6) is 0 Å². The second kappa shape index (κ2) is 10.6. The molecule has 0 saturated carbocycles. The number of aliphatic hydroxyl groups is 1. The van der Waals surface area contributed by atoms with Crippen molar-refractivity contribution in [1.29, 1.82) is 0 Å². The number of aromatic nitrogens is 2. The normalized spacial score (nSPS) is 18.0. The van der Waals surface area contributed by atoms with E-state index in [1.165, 1.54) is 12.1 Å². The largest absolute Gasteiger partial charge is 0.388 e. The molecule has 2 aliphatic rings. The minimum Gasteiger partial charge on any atom is -0.388 e. The molecule has 41 heavy (non-hydrogen) atoms. The molecular formula is C29H28F3N5O3S. The molecule has 214 valence electrons. The lowest BCUT2D eigenvalue weighted by Crippen LogP contribution is -2.37. The third-order valence-electron chi connectivity index (χ3n) is 7.78. The third-order valence-corrected chi connectivity index (χ3v) is 9.21. The van der Waals surface area contributed by atoms with E-state index in [0.717, 1.165) is 50.2 Å². The van der Waals surface area contributed by atoms with Crippen molar-refractivity contribution in [2.75, 3.05) is 30.2 Å². The van der Waals surface area contributed by atoms with Gasteiger partial charge in [0.1, 0.15) is 11.6 Å². The van der Waals surface area contributed by atoms with Crippen LogP contribution in [0.15, 0.2) is 53.6 Å². The first kappa shape index (κ1) is 27.4. The van der Waals surface area contributed by atoms with E-state index in [0.29, 0.717) is 16.9 Å². The highest BCUT2D eigenvalue weighted by atomic mass is 32.2. The van der Waals surface area contributed by atoms with Crippen LogP contribution in [-0.2, 0) is 16.4 Å². The summed E-state index contributed by atoms with van der Waals surface area (Å²) in [4.78, 5) is 10.8. The van der Waals surface area contributed by atoms with Gasteiger partial charge in [-0.25, -0.2) is 31.6 Å². The van der Waals surface area contributed by atoms with Gasteiger partial charge in [0.2, 0.25) is 5.95 Å². The predicted molar refractivity (Wildman–Crippen MR) is 150 cm³/mol. The number of nitrogens with zero attached hydrogens (tertiary/aromatic N) is 3. The molecule has 0 bridgehead atoms. The van der Waals surface area contributed by atoms with E-state index in [4.69, 9.17) is 0 Å². The van der Waals surface area contributed by atoms with Crippen LogP contribution in [0.4, 0.5) is 24.8 Å². The highest BCUT2D eigenvalue weighted by Gasteiger charge is 2.30. The molecule has 3 aromatic carbocycles. The van der Waals surface area contributed by atoms with Crippen LogP contribution in [0.1, 0.15) is 36.5 Å². The van der Waals surface area contributed by atoms with Crippen LogP contribution in [0.3, 0.4) is 0 Å². The van der Waals surface area contributed by atoms with Gasteiger partial charge in [-0.05, 0) is 98.9 Å². The van der Waals surface area contributed by atoms with Gasteiger partial charge in [-0.2, -0.15) is 0 Å². The zero-order chi connectivity index (χ0) is 28.9. The topological polar surface area (TPSA) is 107 Å². The molecular weight excluding hydrogens is 555 g/mol. The van der Waals surface area contributed by atoms with Crippen molar-refractivity contribution in [3.63, 3.8) is 0 Å². The van der Waals surface area contributed by atoms with E-state index < -0.39 is 44.8 Å². The van der Waals surface area contributed by atoms with Gasteiger partial charge in [0.25, 0.3) is 10.0 Å². The van der Waals surface area contributed by atoms with E-state index in [-0.39, 0.29) is 40.5 Å². The maximum absolute atomic E-state index is 15.7. The van der Waals surface area contributed by atoms with Gasteiger partial charge in [-0.15, -0.1) is 0 Å². The molecule has 0 spiro atoms. The van der Waals surface area contributed by atoms with Gasteiger partial charge < -0.3 is 15.3 Å². The van der Waals surface area contributed by atoms with E-state index in [1.807, 2.05) is 0 Å². The second-order valence-electron chi connectivity index (χ2n) is 10.6. The van der Waals surface area contributed by atoms with Crippen molar-refractivity contribution in [2.24, 2.45) is 0 Å². The number of rotatable bonds is 6. The molecule has 8 nitrogen and oxygen atoms in total. The van der Waals surface area contributed by atoms with E-state index in [1.54, 1.807) is 12.3 Å². The first-order valence-corrected chi connectivity index (χ1v) is 14.8. The highest BCUT2D eigenvalue weighted by Crippen LogP contribution is 2.38. The molecule has 3 N–H and O–H groups in total. The van der Waals surface area contributed by atoms with E-state index >= 15 is 4.39 Å². The highest BCUT2D eigenvalue weighted by molar-refractivity contribution is 7.92. The summed E-state index contributed by atoms with van der Waals surface area (Å²) in [6.45, 7) is 1.96. The van der Waals surface area contributed by atoms with Crippen molar-refractivity contribution in [2.45, 2.75) is 42.7 Å². The fraction of sp³-hybridized carbons (Fsp3) is 0.310. The Labute approximate surface area is 235 Å². The fourth-order valence-electron chi connectivity index (χ4n) is 5.56. The van der Waals surface area contributed by atoms with Crippen LogP contribution in [0.25, 0.3) is 22.0 Å². The summed E-state index contributed by atoms with van der Waals surface area (Å²) in [5, 5.41) is 14.0. The van der Waals surface area contributed by atoms with Gasteiger partial charge in [-0.3, -0.25) is 4.72 Å². The van der Waals surface area contributed by atoms with Crippen LogP contribution >= 0.6 is 0 Å². The van der Waals surface area contributed by atoms with Crippen molar-refractivity contribution in [3.8, 4) is 11.1 Å². The molecule has 1 unspecified atom stereocenters. The Morgan fingerprint density at radius 2 is 1.80 bits per heavy atom. The first-order valence-electron chi connectivity index (χ1n) is 13.3. The Kier molecular flexibility index (Phi) is 7.08. The Hall–Kier alpha value is -3.74. The smallest absolute Gasteiger partial charge is 0.262 e. The number of nitrogens with one attached hydrogen (secondary N) is 2. The predicted octanol–water partition coefficient (Wildman–Crippen LogP) is 5.00. The molecule has 0 radical (unpaired) electrons. The van der Waals surface area contributed by atoms with Crippen LogP contribution in [0, 0.1) is 17.5 Å². The van der Waals surface area contributed by atoms with Gasteiger partial charge in [0.15, 0.2) is 5.82 Å². The number of anilines is 2. The van der Waals surface area contributed by atoms with Crippen LogP contribution in [0.2, 0.25) is 0 Å². The molecule has 0 amide bonds. The Morgan fingerprint density at radius 3 is 2.59 bits per heavy atom. The lowest BCUT2D eigenvalue weighted by molar-refractivity contribution is 0.179. The maximum Gasteiger partial charge on any atom is 0.262 e. The summed E-state index contributed by atoms with van der Waals surface area (Å²) >= 11 is 0. The van der Waals surface area contributed by atoms with Gasteiger partial charge in [0.05, 0.1) is 27.8 Å². The molecule has 1 aliphatic heterocycles. The molecule has 6 rings (SSSR count). The molecule has 4 aromatic rings. The first-order chi connectivity index (χ1) is 19.6. The number of piperidine rings is 1. The average Bonchev–Trinajstić information content (AvgIpc) is 3.31. The van der Waals surface area contributed by atoms with Gasteiger partial charge >= 0.3 is 0 Å². The second-order valence-corrected chi connectivity index (χ2v) is 12.3. The summed E-state index contributed by atoms with van der Waals surface area (Å²) in [6.07, 6.45) is 3.00. The number of aliphatic hydroxyl groups excluding tert-OH is 1. The SMILES string of the molecule is CN1CCC(Nc2ncc3cc(-c4c(F)ccc(NS(=O)(=O)c5cc(F)cc6c5CCC6O)c4F)ccc3n2)CC1. The molecule has 1 fully saturated rings. The Bertz CT molecular complexity index is 1760. The monoisotopic (exact) mass is 583 g/mol. The standard InChI is InChI=1S/C29H28F3N5O3S/c1-37-10-8-19(9-11-37)34-29-33-15-17-12-16(2-5-23(17)35-29)27-22(31)4-6-24(28(27)32)36-41(39,40)26-14-18(30)13-21-20(26)3-7-25(21)38/h2,4-6,12-15,19,25,36,38H,3,7-11H2,1H3,(H,33,34,35). The summed E-state index contributed by atoms with van der Waals surface area (Å²) in [5.74, 6) is -2.37. The van der Waals surface area contributed by atoms with Gasteiger partial charge in [0, 0.05) is 17.6 Å². The number of likely N-dealkylation sites (tertiary alicyclic amines) is 1. The van der Waals surface area contributed by atoms with Crippen LogP contribution < -0.4 is 10.0 Å². The van der Waals surface area contributed by atoms with E-state index in [9.17, 15) is 22.3 Å². The molecule has 1 aromatic heterocycles. The molecule has 1 atom stereocenters. The average molecular weight is 584 g/mol. The number of sulfonamides is 1. The summed E-state index contributed by atoms with van der Waals surface area (Å²) < 4.78 is 73.5. The summed E-state index contributed by atoms with van der Waals surface area (Å²) in [5.41, 5.74) is 0.288. The zero-order valence-corrected chi connectivity index (χ0v) is 23.0. The lowest BCUT2D eigenvalue weighted by atomic mass is 10.0. The maximum atomic E-state index is 15.7. The molecule has 2 heterocycles. The molecule has 12 heteroatoms. The molecule has 1 aliphatic carbocycles. The Balaban J connectivity index is 1.29. The van der Waals surface area contributed by atoms with E-state index in [2.05, 4.69) is 32.0 Å². The quantitative estimate of drug-likeness (QED) is 0.293. The van der Waals surface area contributed by atoms with Crippen LogP contribution in [-0.4, -0.2) is 54.6 Å².